The van der Waals surface area contributed by atoms with Gasteiger partial charge in [0.05, 0.1) is 5.69 Å². The first-order valence-corrected chi connectivity index (χ1v) is 12.2. The molecule has 0 fully saturated rings. The molecular formula is C29H29N5O4. The predicted octanol–water partition coefficient (Wildman–Crippen LogP) is 3.84. The van der Waals surface area contributed by atoms with Crippen LogP contribution < -0.4 is 21.9 Å². The lowest BCUT2D eigenvalue weighted by Gasteiger charge is -2.13. The van der Waals surface area contributed by atoms with E-state index in [2.05, 4.69) is 20.6 Å². The highest BCUT2D eigenvalue weighted by Gasteiger charge is 2.17. The molecule has 4 rings (SSSR count). The number of phenols is 1. The van der Waals surface area contributed by atoms with E-state index < -0.39 is 11.7 Å². The van der Waals surface area contributed by atoms with Gasteiger partial charge in [0.15, 0.2) is 0 Å². The minimum Gasteiger partial charge on any atom is -0.508 e. The number of aromatic nitrogens is 2. The van der Waals surface area contributed by atoms with Crippen LogP contribution in [0.25, 0.3) is 11.3 Å². The van der Waals surface area contributed by atoms with Crippen LogP contribution in [0.15, 0.2) is 77.6 Å². The maximum Gasteiger partial charge on any atom is 0.292 e. The van der Waals surface area contributed by atoms with Gasteiger partial charge in [-0.15, -0.1) is 0 Å². The van der Waals surface area contributed by atoms with E-state index in [1.54, 1.807) is 36.4 Å². The highest BCUT2D eigenvalue weighted by molar-refractivity contribution is 6.41. The molecule has 1 heterocycles. The summed E-state index contributed by atoms with van der Waals surface area (Å²) < 4.78 is 0. The summed E-state index contributed by atoms with van der Waals surface area (Å²) in [5.41, 5.74) is 9.85. The fraction of sp³-hybridized carbons (Fsp3) is 0.172. The molecule has 1 amide bonds. The number of hydrogen-bond donors (Lipinski definition) is 5. The Hall–Kier alpha value is -4.76. The van der Waals surface area contributed by atoms with Gasteiger partial charge >= 0.3 is 0 Å². The van der Waals surface area contributed by atoms with Crippen molar-refractivity contribution in [3.63, 3.8) is 0 Å². The van der Waals surface area contributed by atoms with Gasteiger partial charge in [-0.3, -0.25) is 19.4 Å². The third-order valence-electron chi connectivity index (χ3n) is 5.91. The number of hydrogen-bond acceptors (Lipinski definition) is 7. The van der Waals surface area contributed by atoms with Crippen molar-refractivity contribution in [2.24, 2.45) is 5.73 Å². The lowest BCUT2D eigenvalue weighted by Crippen LogP contribution is -2.24. The SMILES string of the molecule is Cc1ccc(Nc2nc(-c3cccc(NC(=O)C(=O)Cc4ccc(O)cc4)c3)c(CCCN)c(=O)[nH]2)cc1. The molecule has 0 aliphatic rings. The second-order valence-electron chi connectivity index (χ2n) is 8.93. The summed E-state index contributed by atoms with van der Waals surface area (Å²) in [6.45, 7) is 2.41. The van der Waals surface area contributed by atoms with Crippen LogP contribution in [0.2, 0.25) is 0 Å². The zero-order chi connectivity index (χ0) is 27.1. The fourth-order valence-electron chi connectivity index (χ4n) is 3.90. The molecule has 0 saturated carbocycles. The zero-order valence-electron chi connectivity index (χ0n) is 21.0. The molecule has 0 saturated heterocycles. The lowest BCUT2D eigenvalue weighted by molar-refractivity contribution is -0.134. The van der Waals surface area contributed by atoms with E-state index in [1.807, 2.05) is 31.2 Å². The van der Waals surface area contributed by atoms with E-state index in [0.29, 0.717) is 47.5 Å². The second-order valence-corrected chi connectivity index (χ2v) is 8.93. The minimum atomic E-state index is -0.765. The molecule has 194 valence electrons. The first-order chi connectivity index (χ1) is 18.3. The van der Waals surface area contributed by atoms with Gasteiger partial charge in [0.1, 0.15) is 5.75 Å². The molecule has 9 nitrogen and oxygen atoms in total. The van der Waals surface area contributed by atoms with E-state index >= 15 is 0 Å². The number of carbonyl (C=O) groups is 2. The van der Waals surface area contributed by atoms with E-state index in [1.165, 1.54) is 12.1 Å². The number of phenolic OH excluding ortho intramolecular Hbond substituents is 1. The number of Topliss-reactive ketones (excluding diaryl/α,β-unsaturated/α-hetero) is 1. The second kappa shape index (κ2) is 12.0. The summed E-state index contributed by atoms with van der Waals surface area (Å²) in [6, 6.07) is 20.6. The van der Waals surface area contributed by atoms with Crippen LogP contribution in [0.4, 0.5) is 17.3 Å². The third kappa shape index (κ3) is 6.71. The van der Waals surface area contributed by atoms with E-state index in [0.717, 1.165) is 11.3 Å². The van der Waals surface area contributed by atoms with Crippen molar-refractivity contribution in [3.8, 4) is 17.0 Å². The van der Waals surface area contributed by atoms with Gasteiger partial charge in [0.25, 0.3) is 11.5 Å². The van der Waals surface area contributed by atoms with Gasteiger partial charge < -0.3 is 21.5 Å². The number of aromatic amines is 1. The van der Waals surface area contributed by atoms with Crippen molar-refractivity contribution in [2.45, 2.75) is 26.2 Å². The largest absolute Gasteiger partial charge is 0.508 e. The number of benzene rings is 3. The van der Waals surface area contributed by atoms with Crippen LogP contribution in [-0.2, 0) is 22.4 Å². The Kier molecular flexibility index (Phi) is 8.30. The van der Waals surface area contributed by atoms with E-state index in [9.17, 15) is 19.5 Å². The Bertz CT molecular complexity index is 1500. The highest BCUT2D eigenvalue weighted by Crippen LogP contribution is 2.25. The van der Waals surface area contributed by atoms with Gasteiger partial charge in [0, 0.05) is 28.9 Å². The van der Waals surface area contributed by atoms with Crippen LogP contribution in [0.3, 0.4) is 0 Å². The van der Waals surface area contributed by atoms with E-state index in [-0.39, 0.29) is 23.7 Å². The number of H-pyrrole nitrogens is 1. The first-order valence-electron chi connectivity index (χ1n) is 12.2. The smallest absolute Gasteiger partial charge is 0.292 e. The number of anilines is 3. The number of rotatable bonds is 10. The first kappa shape index (κ1) is 26.3. The molecule has 1 aromatic heterocycles. The van der Waals surface area contributed by atoms with Crippen molar-refractivity contribution >= 4 is 29.0 Å². The minimum absolute atomic E-state index is 0.0823. The van der Waals surface area contributed by atoms with Gasteiger partial charge in [-0.2, -0.15) is 0 Å². The molecule has 0 aliphatic heterocycles. The monoisotopic (exact) mass is 511 g/mol. The normalized spacial score (nSPS) is 10.7. The molecule has 0 aliphatic carbocycles. The number of ketones is 1. The summed E-state index contributed by atoms with van der Waals surface area (Å²) >= 11 is 0. The van der Waals surface area contributed by atoms with Crippen LogP contribution in [-0.4, -0.2) is 33.3 Å². The van der Waals surface area contributed by atoms with E-state index in [4.69, 9.17) is 5.73 Å². The van der Waals surface area contributed by atoms with Gasteiger partial charge in [-0.25, -0.2) is 4.98 Å². The zero-order valence-corrected chi connectivity index (χ0v) is 21.0. The predicted molar refractivity (Wildman–Crippen MR) is 148 cm³/mol. The van der Waals surface area contributed by atoms with Crippen molar-refractivity contribution < 1.29 is 14.7 Å². The molecule has 6 N–H and O–H groups in total. The average Bonchev–Trinajstić information content (AvgIpc) is 2.90. The van der Waals surface area contributed by atoms with Crippen molar-refractivity contribution in [2.75, 3.05) is 17.2 Å². The quantitative estimate of drug-likeness (QED) is 0.203. The Morgan fingerprint density at radius 2 is 1.74 bits per heavy atom. The maximum absolute atomic E-state index is 13.0. The molecule has 0 spiro atoms. The Labute approximate surface area is 219 Å². The molecule has 0 bridgehead atoms. The number of aryl methyl sites for hydroxylation is 1. The number of carbonyl (C=O) groups excluding carboxylic acids is 2. The van der Waals surface area contributed by atoms with Gasteiger partial charge in [-0.1, -0.05) is 42.0 Å². The Morgan fingerprint density at radius 3 is 2.45 bits per heavy atom. The maximum atomic E-state index is 13.0. The van der Waals surface area contributed by atoms with Crippen LogP contribution in [0.5, 0.6) is 5.75 Å². The van der Waals surface area contributed by atoms with Crippen LogP contribution in [0.1, 0.15) is 23.1 Å². The van der Waals surface area contributed by atoms with Crippen molar-refractivity contribution in [3.05, 3.63) is 99.8 Å². The van der Waals surface area contributed by atoms with Crippen molar-refractivity contribution in [1.29, 1.82) is 0 Å². The van der Waals surface area contributed by atoms with Crippen LogP contribution in [0, 0.1) is 6.92 Å². The third-order valence-corrected chi connectivity index (χ3v) is 5.91. The topological polar surface area (TPSA) is 150 Å². The molecule has 9 heteroatoms. The summed E-state index contributed by atoms with van der Waals surface area (Å²) in [7, 11) is 0. The number of nitrogens with zero attached hydrogens (tertiary/aromatic N) is 1. The Morgan fingerprint density at radius 1 is 1.00 bits per heavy atom. The Balaban J connectivity index is 1.59. The molecule has 38 heavy (non-hydrogen) atoms. The standard InChI is InChI=1S/C29H29N5O4/c1-18-7-11-21(12-8-18)32-29-33-26(24(6-3-15-30)27(37)34-29)20-4-2-5-22(17-20)31-28(38)25(36)16-19-9-13-23(35)14-10-19/h2,4-5,7-14,17,35H,3,6,15-16,30H2,1H3,(H,31,38)(H2,32,33,34,37). The van der Waals surface area contributed by atoms with Crippen molar-refractivity contribution in [1.82, 2.24) is 9.97 Å². The number of nitrogens with one attached hydrogen (secondary N) is 3. The molecule has 3 aromatic carbocycles. The summed E-state index contributed by atoms with van der Waals surface area (Å²) in [5.74, 6) is -1.02. The van der Waals surface area contributed by atoms with Gasteiger partial charge in [-0.05, 0) is 68.3 Å². The molecule has 0 atom stereocenters. The highest BCUT2D eigenvalue weighted by atomic mass is 16.3. The lowest BCUT2D eigenvalue weighted by atomic mass is 10.0. The summed E-state index contributed by atoms with van der Waals surface area (Å²) in [6.07, 6.45) is 0.935. The number of amides is 1. The summed E-state index contributed by atoms with van der Waals surface area (Å²) in [5, 5.41) is 15.2. The average molecular weight is 512 g/mol. The molecule has 4 aromatic rings. The van der Waals surface area contributed by atoms with Gasteiger partial charge in [0.2, 0.25) is 11.7 Å². The fourth-order valence-corrected chi connectivity index (χ4v) is 3.90. The molecule has 0 unspecified atom stereocenters. The molecule has 0 radical (unpaired) electrons. The summed E-state index contributed by atoms with van der Waals surface area (Å²) in [4.78, 5) is 45.5. The molecular weight excluding hydrogens is 482 g/mol. The van der Waals surface area contributed by atoms with Crippen LogP contribution >= 0.6 is 0 Å². The number of aromatic hydroxyl groups is 1. The number of nitrogens with two attached hydrogens (primary N) is 1.